The molecule has 0 aromatic rings. The molecular weight excluding hydrogens is 189 g/mol. The molecule has 1 aliphatic rings. The number of rotatable bonds is 0. The summed E-state index contributed by atoms with van der Waals surface area (Å²) in [6, 6.07) is 0. The molecule has 0 unspecified atom stereocenters. The quantitative estimate of drug-likeness (QED) is 0.524. The third-order valence-corrected chi connectivity index (χ3v) is 2.01. The second kappa shape index (κ2) is 4.36. The van der Waals surface area contributed by atoms with E-state index in [1.165, 1.54) is 0 Å². The van der Waals surface area contributed by atoms with Crippen molar-refractivity contribution < 1.29 is 13.2 Å². The fourth-order valence-electron chi connectivity index (χ4n) is 1.18. The summed E-state index contributed by atoms with van der Waals surface area (Å²) in [4.78, 5) is 0. The van der Waals surface area contributed by atoms with E-state index < -0.39 is 11.7 Å². The third-order valence-electron chi connectivity index (χ3n) is 2.01. The Morgan fingerprint density at radius 1 is 1.36 bits per heavy atom. The van der Waals surface area contributed by atoms with E-state index in [4.69, 9.17) is 0 Å². The van der Waals surface area contributed by atoms with Crippen LogP contribution in [0.15, 0.2) is 23.8 Å². The lowest BCUT2D eigenvalue weighted by molar-refractivity contribution is -0.0868. The van der Waals surface area contributed by atoms with Crippen LogP contribution < -0.4 is 0 Å². The van der Waals surface area contributed by atoms with Crippen LogP contribution in [0.1, 0.15) is 25.7 Å². The molecule has 0 saturated carbocycles. The largest absolute Gasteiger partial charge is 0.423 e. The highest BCUT2D eigenvalue weighted by atomic mass is 19.4. The van der Waals surface area contributed by atoms with Gasteiger partial charge in [-0.15, -0.1) is 0 Å². The predicted octanol–water partition coefficient (Wildman–Crippen LogP) is 3.61. The Morgan fingerprint density at radius 3 is 2.57 bits per heavy atom. The third kappa shape index (κ3) is 3.29. The van der Waals surface area contributed by atoms with Crippen molar-refractivity contribution in [1.82, 2.24) is 0 Å². The Hall–Kier alpha value is -1.17. The van der Waals surface area contributed by atoms with E-state index in [0.717, 1.165) is 31.3 Å². The molecule has 0 nitrogen and oxygen atoms in total. The normalized spacial score (nSPS) is 16.6. The molecule has 0 heterocycles. The molecule has 0 amide bonds. The fraction of sp³-hybridized carbons (Fsp3) is 0.455. The molecule has 0 aromatic carbocycles. The van der Waals surface area contributed by atoms with E-state index in [0.29, 0.717) is 0 Å². The van der Waals surface area contributed by atoms with Gasteiger partial charge in [-0.3, -0.25) is 0 Å². The molecule has 76 valence electrons. The maximum Gasteiger partial charge on any atom is 0.423 e. The topological polar surface area (TPSA) is 0 Å². The van der Waals surface area contributed by atoms with Crippen LogP contribution in [0.25, 0.3) is 0 Å². The van der Waals surface area contributed by atoms with Gasteiger partial charge in [0.2, 0.25) is 0 Å². The van der Waals surface area contributed by atoms with Crippen LogP contribution in [0.5, 0.6) is 0 Å². The van der Waals surface area contributed by atoms with Gasteiger partial charge in [-0.1, -0.05) is 24.5 Å². The van der Waals surface area contributed by atoms with Gasteiger partial charge in [-0.05, 0) is 31.3 Å². The highest BCUT2D eigenvalue weighted by molar-refractivity contribution is 5.39. The summed E-state index contributed by atoms with van der Waals surface area (Å²) in [5, 5.41) is 0. The first-order valence-corrected chi connectivity index (χ1v) is 4.47. The number of halogens is 3. The van der Waals surface area contributed by atoms with Gasteiger partial charge in [0.25, 0.3) is 0 Å². The molecular formula is C11H11F3. The first-order valence-electron chi connectivity index (χ1n) is 4.47. The number of hydrogen-bond acceptors (Lipinski definition) is 0. The zero-order valence-corrected chi connectivity index (χ0v) is 7.75. The minimum atomic E-state index is -4.39. The first-order chi connectivity index (χ1) is 6.50. The van der Waals surface area contributed by atoms with Crippen molar-refractivity contribution in [2.45, 2.75) is 31.9 Å². The molecule has 0 bridgehead atoms. The standard InChI is InChI=1S/C11H11F3/c1-9(11(12,13)14)7-8-10-5-3-2-4-6-10/h5H,1-4,6H2. The molecule has 0 spiro atoms. The van der Waals surface area contributed by atoms with Gasteiger partial charge in [0.05, 0.1) is 5.57 Å². The molecule has 14 heavy (non-hydrogen) atoms. The first kappa shape index (κ1) is 10.9. The van der Waals surface area contributed by atoms with Crippen molar-refractivity contribution in [3.8, 4) is 11.8 Å². The summed E-state index contributed by atoms with van der Waals surface area (Å²) in [7, 11) is 0. The molecule has 0 fully saturated rings. The minimum absolute atomic E-state index is 0.790. The Morgan fingerprint density at radius 2 is 2.07 bits per heavy atom. The van der Waals surface area contributed by atoms with Crippen LogP contribution in [-0.4, -0.2) is 6.18 Å². The maximum absolute atomic E-state index is 12.0. The van der Waals surface area contributed by atoms with E-state index in [2.05, 4.69) is 18.4 Å². The predicted molar refractivity (Wildman–Crippen MR) is 49.5 cm³/mol. The van der Waals surface area contributed by atoms with Crippen LogP contribution in [0.2, 0.25) is 0 Å². The summed E-state index contributed by atoms with van der Waals surface area (Å²) in [6.07, 6.45) is 1.34. The average Bonchev–Trinajstić information content (AvgIpc) is 2.14. The van der Waals surface area contributed by atoms with E-state index in [1.54, 1.807) is 0 Å². The molecule has 0 saturated heterocycles. The summed E-state index contributed by atoms with van der Waals surface area (Å²) >= 11 is 0. The summed E-state index contributed by atoms with van der Waals surface area (Å²) in [5.74, 6) is 4.57. The lowest BCUT2D eigenvalue weighted by atomic mass is 10.00. The van der Waals surface area contributed by atoms with Gasteiger partial charge in [-0.2, -0.15) is 13.2 Å². The van der Waals surface area contributed by atoms with Crippen LogP contribution in [0, 0.1) is 11.8 Å². The van der Waals surface area contributed by atoms with Gasteiger partial charge in [0.15, 0.2) is 0 Å². The Kier molecular flexibility index (Phi) is 3.40. The van der Waals surface area contributed by atoms with Gasteiger partial charge >= 0.3 is 6.18 Å². The van der Waals surface area contributed by atoms with Crippen molar-refractivity contribution >= 4 is 0 Å². The Bertz CT molecular complexity index is 310. The highest BCUT2D eigenvalue weighted by Crippen LogP contribution is 2.23. The van der Waals surface area contributed by atoms with Crippen LogP contribution in [-0.2, 0) is 0 Å². The van der Waals surface area contributed by atoms with E-state index in [9.17, 15) is 13.2 Å². The van der Waals surface area contributed by atoms with Gasteiger partial charge in [0.1, 0.15) is 0 Å². The number of alkyl halides is 3. The zero-order valence-electron chi connectivity index (χ0n) is 7.75. The lowest BCUT2D eigenvalue weighted by Crippen LogP contribution is -2.08. The van der Waals surface area contributed by atoms with Crippen molar-refractivity contribution in [3.05, 3.63) is 23.8 Å². The van der Waals surface area contributed by atoms with Gasteiger partial charge in [-0.25, -0.2) is 0 Å². The molecule has 1 aliphatic carbocycles. The van der Waals surface area contributed by atoms with Crippen molar-refractivity contribution in [3.63, 3.8) is 0 Å². The zero-order chi connectivity index (χ0) is 10.6. The summed E-state index contributed by atoms with van der Waals surface area (Å²) < 4.78 is 35.9. The summed E-state index contributed by atoms with van der Waals surface area (Å²) in [5.41, 5.74) is -0.161. The van der Waals surface area contributed by atoms with E-state index in [-0.39, 0.29) is 0 Å². The van der Waals surface area contributed by atoms with Crippen molar-refractivity contribution in [2.24, 2.45) is 0 Å². The minimum Gasteiger partial charge on any atom is -0.165 e. The van der Waals surface area contributed by atoms with Crippen LogP contribution in [0.4, 0.5) is 13.2 Å². The van der Waals surface area contributed by atoms with Gasteiger partial charge in [0, 0.05) is 0 Å². The van der Waals surface area contributed by atoms with Crippen LogP contribution in [0.3, 0.4) is 0 Å². The number of hydrogen-bond donors (Lipinski definition) is 0. The molecule has 1 rings (SSSR count). The lowest BCUT2D eigenvalue weighted by Gasteiger charge is -2.06. The van der Waals surface area contributed by atoms with Gasteiger partial charge < -0.3 is 0 Å². The maximum atomic E-state index is 12.0. The van der Waals surface area contributed by atoms with Crippen molar-refractivity contribution in [2.75, 3.05) is 0 Å². The fourth-order valence-corrected chi connectivity index (χ4v) is 1.18. The smallest absolute Gasteiger partial charge is 0.165 e. The molecule has 0 aromatic heterocycles. The Labute approximate surface area is 81.5 Å². The summed E-state index contributed by atoms with van der Waals surface area (Å²) in [6.45, 7) is 2.88. The molecule has 0 aliphatic heterocycles. The second-order valence-corrected chi connectivity index (χ2v) is 3.20. The molecule has 0 radical (unpaired) electrons. The van der Waals surface area contributed by atoms with E-state index in [1.807, 2.05) is 6.08 Å². The van der Waals surface area contributed by atoms with Crippen LogP contribution >= 0.6 is 0 Å². The second-order valence-electron chi connectivity index (χ2n) is 3.20. The molecule has 0 atom stereocenters. The Balaban J connectivity index is 2.63. The molecule has 0 N–H and O–H groups in total. The molecule has 3 heteroatoms. The monoisotopic (exact) mass is 200 g/mol. The van der Waals surface area contributed by atoms with Crippen molar-refractivity contribution in [1.29, 1.82) is 0 Å². The number of allylic oxidation sites excluding steroid dienone is 3. The highest BCUT2D eigenvalue weighted by Gasteiger charge is 2.30. The SMILES string of the molecule is C=C(C#CC1=CCCCC1)C(F)(F)F. The average molecular weight is 200 g/mol. The van der Waals surface area contributed by atoms with E-state index >= 15 is 0 Å².